The molecule has 1 aliphatic heterocycles. The number of hydrogen-bond donors (Lipinski definition) is 2. The molecule has 8 nitrogen and oxygen atoms in total. The van der Waals surface area contributed by atoms with Crippen molar-refractivity contribution < 1.29 is 19.5 Å². The molecule has 2 atom stereocenters. The molecule has 0 bridgehead atoms. The monoisotopic (exact) mass is 388 g/mol. The standard InChI is InChI=1S/C20H28N4O4/c1-3-4-6-14(12-23(27)13-25)20(26)24-10-5-7-18(24)19-21-16-9-8-15(28-2)11-17(16)22-19/h8-9,11,13-14,18,27H,3-7,10,12H2,1-2H3,(H,21,22)/t14-,18+/m1/s1. The first-order valence-corrected chi connectivity index (χ1v) is 9.82. The van der Waals surface area contributed by atoms with Gasteiger partial charge in [-0.25, -0.2) is 10.0 Å². The van der Waals surface area contributed by atoms with Gasteiger partial charge in [0.05, 0.1) is 36.6 Å². The third-order valence-corrected chi connectivity index (χ3v) is 5.34. The molecule has 0 unspecified atom stereocenters. The quantitative estimate of drug-likeness (QED) is 0.391. The second-order valence-corrected chi connectivity index (χ2v) is 7.26. The van der Waals surface area contributed by atoms with Crippen LogP contribution in [0.25, 0.3) is 11.0 Å². The average Bonchev–Trinajstić information content (AvgIpc) is 3.36. The summed E-state index contributed by atoms with van der Waals surface area (Å²) in [6.45, 7) is 2.72. The van der Waals surface area contributed by atoms with Crippen molar-refractivity contribution in [2.24, 2.45) is 5.92 Å². The van der Waals surface area contributed by atoms with Crippen molar-refractivity contribution in [3.8, 4) is 5.75 Å². The van der Waals surface area contributed by atoms with E-state index in [4.69, 9.17) is 4.74 Å². The van der Waals surface area contributed by atoms with Crippen LogP contribution in [0.3, 0.4) is 0 Å². The summed E-state index contributed by atoms with van der Waals surface area (Å²) in [6.07, 6.45) is 4.53. The van der Waals surface area contributed by atoms with Gasteiger partial charge in [0.15, 0.2) is 0 Å². The normalized spacial score (nSPS) is 17.7. The van der Waals surface area contributed by atoms with Crippen LogP contribution in [0, 0.1) is 5.92 Å². The molecule has 2 aromatic rings. The van der Waals surface area contributed by atoms with Crippen molar-refractivity contribution in [2.45, 2.75) is 45.1 Å². The van der Waals surface area contributed by atoms with Gasteiger partial charge in [-0.15, -0.1) is 0 Å². The largest absolute Gasteiger partial charge is 0.497 e. The zero-order valence-electron chi connectivity index (χ0n) is 16.4. The lowest BCUT2D eigenvalue weighted by Gasteiger charge is -2.29. The number of imidazole rings is 1. The van der Waals surface area contributed by atoms with Crippen molar-refractivity contribution in [2.75, 3.05) is 20.2 Å². The maximum atomic E-state index is 13.2. The maximum Gasteiger partial charge on any atom is 0.233 e. The van der Waals surface area contributed by atoms with E-state index in [0.29, 0.717) is 24.4 Å². The van der Waals surface area contributed by atoms with Gasteiger partial charge in [-0.3, -0.25) is 14.8 Å². The number of ether oxygens (including phenoxy) is 1. The lowest BCUT2D eigenvalue weighted by molar-refractivity contribution is -0.157. The molecule has 2 N–H and O–H groups in total. The summed E-state index contributed by atoms with van der Waals surface area (Å²) < 4.78 is 5.26. The van der Waals surface area contributed by atoms with Crippen LogP contribution >= 0.6 is 0 Å². The van der Waals surface area contributed by atoms with E-state index in [0.717, 1.165) is 48.3 Å². The van der Waals surface area contributed by atoms with Gasteiger partial charge in [0, 0.05) is 12.6 Å². The highest BCUT2D eigenvalue weighted by Crippen LogP contribution is 2.34. The molecule has 0 aliphatic carbocycles. The predicted octanol–water partition coefficient (Wildman–Crippen LogP) is 2.89. The number of H-pyrrole nitrogens is 1. The Morgan fingerprint density at radius 2 is 2.36 bits per heavy atom. The third kappa shape index (κ3) is 4.27. The number of nitrogens with zero attached hydrogens (tertiary/aromatic N) is 3. The highest BCUT2D eigenvalue weighted by Gasteiger charge is 2.36. The predicted molar refractivity (Wildman–Crippen MR) is 104 cm³/mol. The molecular weight excluding hydrogens is 360 g/mol. The SMILES string of the molecule is CCCC[C@H](CN(O)C=O)C(=O)N1CCC[C@H]1c1nc2cc(OC)ccc2[nH]1. The van der Waals surface area contributed by atoms with E-state index < -0.39 is 5.92 Å². The van der Waals surface area contributed by atoms with Crippen molar-refractivity contribution in [1.82, 2.24) is 19.9 Å². The van der Waals surface area contributed by atoms with E-state index >= 15 is 0 Å². The Kier molecular flexibility index (Phi) is 6.51. The lowest BCUT2D eigenvalue weighted by atomic mass is 9.99. The minimum absolute atomic E-state index is 0.0167. The summed E-state index contributed by atoms with van der Waals surface area (Å²) in [4.78, 5) is 33.9. The molecule has 2 amide bonds. The van der Waals surface area contributed by atoms with E-state index in [-0.39, 0.29) is 18.5 Å². The number of fused-ring (bicyclic) bond motifs is 1. The molecule has 1 saturated heterocycles. The van der Waals surface area contributed by atoms with E-state index in [9.17, 15) is 14.8 Å². The third-order valence-electron chi connectivity index (χ3n) is 5.34. The molecule has 0 radical (unpaired) electrons. The summed E-state index contributed by atoms with van der Waals surface area (Å²) in [5.41, 5.74) is 1.71. The Morgan fingerprint density at radius 3 is 3.07 bits per heavy atom. The number of aromatic nitrogens is 2. The number of benzene rings is 1. The van der Waals surface area contributed by atoms with Crippen LogP contribution in [-0.4, -0.2) is 57.7 Å². The van der Waals surface area contributed by atoms with Gasteiger partial charge < -0.3 is 14.6 Å². The summed E-state index contributed by atoms with van der Waals surface area (Å²) in [6, 6.07) is 5.54. The minimum atomic E-state index is -0.416. The first-order valence-electron chi connectivity index (χ1n) is 9.82. The number of hydrogen-bond acceptors (Lipinski definition) is 5. The number of unbranched alkanes of at least 4 members (excludes halogenated alkanes) is 1. The Balaban J connectivity index is 1.82. The first kappa shape index (κ1) is 20.1. The fraction of sp³-hybridized carbons (Fsp3) is 0.550. The molecule has 1 aromatic heterocycles. The topological polar surface area (TPSA) is 98.8 Å². The van der Waals surface area contributed by atoms with Crippen LogP contribution in [0.1, 0.15) is 50.9 Å². The van der Waals surface area contributed by atoms with E-state index in [2.05, 4.69) is 16.9 Å². The lowest BCUT2D eigenvalue weighted by Crippen LogP contribution is -2.40. The van der Waals surface area contributed by atoms with Gasteiger partial charge in [-0.2, -0.15) is 0 Å². The molecule has 0 spiro atoms. The van der Waals surface area contributed by atoms with Crippen molar-refractivity contribution in [3.63, 3.8) is 0 Å². The average molecular weight is 388 g/mol. The van der Waals surface area contributed by atoms with Crippen molar-refractivity contribution in [1.29, 1.82) is 0 Å². The van der Waals surface area contributed by atoms with Crippen LogP contribution in [0.5, 0.6) is 5.75 Å². The minimum Gasteiger partial charge on any atom is -0.497 e. The molecule has 3 rings (SSSR count). The van der Waals surface area contributed by atoms with Gasteiger partial charge in [0.1, 0.15) is 11.6 Å². The van der Waals surface area contributed by atoms with E-state index in [1.54, 1.807) is 7.11 Å². The molecule has 152 valence electrons. The number of carbonyl (C=O) groups is 2. The number of carbonyl (C=O) groups excluding carboxylic acids is 2. The van der Waals surface area contributed by atoms with Gasteiger partial charge >= 0.3 is 0 Å². The highest BCUT2D eigenvalue weighted by molar-refractivity contribution is 5.81. The second-order valence-electron chi connectivity index (χ2n) is 7.26. The zero-order chi connectivity index (χ0) is 20.1. The molecule has 28 heavy (non-hydrogen) atoms. The van der Waals surface area contributed by atoms with E-state index in [1.165, 1.54) is 0 Å². The second kappa shape index (κ2) is 9.05. The van der Waals surface area contributed by atoms with Crippen LogP contribution in [0.4, 0.5) is 0 Å². The summed E-state index contributed by atoms with van der Waals surface area (Å²) >= 11 is 0. The number of nitrogens with one attached hydrogen (secondary N) is 1. The number of hydroxylamine groups is 2. The highest BCUT2D eigenvalue weighted by atomic mass is 16.5. The van der Waals surface area contributed by atoms with Gasteiger partial charge in [-0.05, 0) is 31.4 Å². The molecular formula is C20H28N4O4. The molecule has 1 fully saturated rings. The van der Waals surface area contributed by atoms with Crippen molar-refractivity contribution >= 4 is 23.4 Å². The summed E-state index contributed by atoms with van der Waals surface area (Å²) in [5, 5.41) is 10.2. The fourth-order valence-corrected chi connectivity index (χ4v) is 3.85. The summed E-state index contributed by atoms with van der Waals surface area (Å²) in [5.74, 6) is 1.05. The van der Waals surface area contributed by atoms with Gasteiger partial charge in [0.2, 0.25) is 12.3 Å². The number of aromatic amines is 1. The smallest absolute Gasteiger partial charge is 0.233 e. The molecule has 8 heteroatoms. The number of likely N-dealkylation sites (tertiary alicyclic amines) is 1. The first-order chi connectivity index (χ1) is 13.6. The Morgan fingerprint density at radius 1 is 1.54 bits per heavy atom. The Labute approximate surface area is 164 Å². The zero-order valence-corrected chi connectivity index (χ0v) is 16.4. The number of rotatable bonds is 9. The molecule has 1 aliphatic rings. The van der Waals surface area contributed by atoms with Gasteiger partial charge in [-0.1, -0.05) is 19.8 Å². The van der Waals surface area contributed by atoms with Crippen LogP contribution < -0.4 is 4.74 Å². The molecule has 0 saturated carbocycles. The maximum absolute atomic E-state index is 13.2. The Bertz CT molecular complexity index is 822. The number of methoxy groups -OCH3 is 1. The van der Waals surface area contributed by atoms with Gasteiger partial charge in [0.25, 0.3) is 0 Å². The van der Waals surface area contributed by atoms with E-state index in [1.807, 2.05) is 23.1 Å². The molecule has 2 heterocycles. The van der Waals surface area contributed by atoms with Crippen LogP contribution in [0.15, 0.2) is 18.2 Å². The Hall–Kier alpha value is -2.61. The van der Waals surface area contributed by atoms with Crippen LogP contribution in [0.2, 0.25) is 0 Å². The fourth-order valence-electron chi connectivity index (χ4n) is 3.85. The van der Waals surface area contributed by atoms with Crippen LogP contribution in [-0.2, 0) is 9.59 Å². The summed E-state index contributed by atoms with van der Waals surface area (Å²) in [7, 11) is 1.62. The number of amides is 2. The van der Waals surface area contributed by atoms with Crippen molar-refractivity contribution in [3.05, 3.63) is 24.0 Å². The molecule has 1 aromatic carbocycles.